The fraction of sp³-hybridized carbons (Fsp3) is 0. The van der Waals surface area contributed by atoms with Crippen molar-refractivity contribution in [2.24, 2.45) is 0 Å². The monoisotopic (exact) mass is 791 g/mol. The zero-order chi connectivity index (χ0) is 40.7. The molecule has 5 nitrogen and oxygen atoms in total. The van der Waals surface area contributed by atoms with E-state index < -0.39 is 0 Å². The Labute approximate surface area is 359 Å². The number of hydrogen-bond donors (Lipinski definition) is 0. The van der Waals surface area contributed by atoms with E-state index in [4.69, 9.17) is 4.98 Å². The molecular weight excluding hydrogens is 755 g/mol. The maximum atomic E-state index is 4.69. The Balaban J connectivity index is 1.08. The largest absolute Gasteiger partial charge is 0.309 e. The molecule has 0 radical (unpaired) electrons. The molecular formula is C57H37N5. The van der Waals surface area contributed by atoms with Gasteiger partial charge >= 0.3 is 0 Å². The summed E-state index contributed by atoms with van der Waals surface area (Å²) in [5.41, 5.74) is 20.6. The summed E-state index contributed by atoms with van der Waals surface area (Å²) in [5.74, 6) is 0. The summed E-state index contributed by atoms with van der Waals surface area (Å²) in [6.07, 6.45) is 3.93. The number of nitrogens with zero attached hydrogens (tertiary/aromatic N) is 5. The second-order valence-electron chi connectivity index (χ2n) is 16.0. The number of rotatable bonds is 4. The summed E-state index contributed by atoms with van der Waals surface area (Å²) in [6, 6.07) is 77.0. The maximum absolute atomic E-state index is 4.69. The first-order valence-electron chi connectivity index (χ1n) is 21.1. The average Bonchev–Trinajstić information content (AvgIpc) is 3.78. The summed E-state index contributed by atoms with van der Waals surface area (Å²) >= 11 is 0. The molecule has 13 rings (SSSR count). The first kappa shape index (κ1) is 34.5. The third-order valence-corrected chi connectivity index (χ3v) is 12.6. The molecule has 0 bridgehead atoms. The minimum atomic E-state index is 1.07. The van der Waals surface area contributed by atoms with E-state index in [0.717, 1.165) is 78.7 Å². The van der Waals surface area contributed by atoms with Gasteiger partial charge in [-0.15, -0.1) is 0 Å². The van der Waals surface area contributed by atoms with E-state index in [2.05, 4.69) is 231 Å². The van der Waals surface area contributed by atoms with Crippen molar-refractivity contribution in [1.82, 2.24) is 14.1 Å². The molecule has 3 aromatic heterocycles. The Morgan fingerprint density at radius 1 is 0.306 bits per heavy atom. The van der Waals surface area contributed by atoms with Gasteiger partial charge in [-0.1, -0.05) is 133 Å². The van der Waals surface area contributed by atoms with Crippen molar-refractivity contribution < 1.29 is 0 Å². The van der Waals surface area contributed by atoms with E-state index in [1.165, 1.54) is 33.3 Å². The minimum absolute atomic E-state index is 1.07. The Kier molecular flexibility index (Phi) is 7.54. The minimum Gasteiger partial charge on any atom is -0.309 e. The zero-order valence-electron chi connectivity index (χ0n) is 33.6. The number of fused-ring (bicyclic) bond motifs is 14. The van der Waals surface area contributed by atoms with Gasteiger partial charge < -0.3 is 18.9 Å². The quantitative estimate of drug-likeness (QED) is 0.178. The lowest BCUT2D eigenvalue weighted by molar-refractivity contribution is 1.13. The molecule has 0 saturated heterocycles. The molecule has 11 aromatic rings. The Morgan fingerprint density at radius 3 is 1.39 bits per heavy atom. The van der Waals surface area contributed by atoms with Gasteiger partial charge in [0.15, 0.2) is 0 Å². The molecule has 0 aliphatic carbocycles. The normalized spacial score (nSPS) is 12.5. The predicted molar refractivity (Wildman–Crippen MR) is 256 cm³/mol. The van der Waals surface area contributed by atoms with E-state index in [1.807, 2.05) is 12.4 Å². The summed E-state index contributed by atoms with van der Waals surface area (Å²) in [7, 11) is 0. The Bertz CT molecular complexity index is 3540. The molecule has 8 aromatic carbocycles. The standard InChI is InChI=1S/C57H37N5/c1-3-18-38(19-4-1)59-48-29-12-7-24-42(48)54-44-26-9-14-31-50(44)62(56(54)45-27-10-15-32-51(45)59)41-23-17-22-40(36-41)60-49-30-13-8-25-43(49)55-47-37-58-35-34-53(47)61(39-20-5-2-6-21-39)57(55)46-28-11-16-33-52(46)60/h1-37H. The van der Waals surface area contributed by atoms with E-state index in [0.29, 0.717) is 0 Å². The van der Waals surface area contributed by atoms with E-state index in [1.54, 1.807) is 0 Å². The number of para-hydroxylation sites is 7. The van der Waals surface area contributed by atoms with Crippen LogP contribution in [-0.2, 0) is 0 Å². The van der Waals surface area contributed by atoms with Crippen molar-refractivity contribution >= 4 is 55.9 Å². The Hall–Kier alpha value is -8.41. The van der Waals surface area contributed by atoms with Gasteiger partial charge in [-0.05, 0) is 78.9 Å². The van der Waals surface area contributed by atoms with Gasteiger partial charge in [0, 0.05) is 79.3 Å². The SMILES string of the molecule is c1ccc(N2c3ccccc3-c3c(n(-c4cccc(N5c6ccccc6-c6c(n(-c7ccccc7)c7ccncc67)-c6ccccc65)c4)c4ccccc34)-c3ccccc32)cc1. The van der Waals surface area contributed by atoms with Gasteiger partial charge in [0.25, 0.3) is 0 Å². The van der Waals surface area contributed by atoms with Crippen LogP contribution in [0.15, 0.2) is 225 Å². The van der Waals surface area contributed by atoms with Gasteiger partial charge in [0.1, 0.15) is 0 Å². The van der Waals surface area contributed by atoms with Crippen LogP contribution in [0.3, 0.4) is 0 Å². The van der Waals surface area contributed by atoms with Crippen molar-refractivity contribution in [3.8, 4) is 56.1 Å². The molecule has 0 saturated carbocycles. The van der Waals surface area contributed by atoms with E-state index in [-0.39, 0.29) is 0 Å². The van der Waals surface area contributed by atoms with Crippen molar-refractivity contribution in [2.45, 2.75) is 0 Å². The van der Waals surface area contributed by atoms with Gasteiger partial charge in [0.05, 0.1) is 45.2 Å². The van der Waals surface area contributed by atoms with Crippen LogP contribution in [0.5, 0.6) is 0 Å². The van der Waals surface area contributed by atoms with Crippen molar-refractivity contribution in [1.29, 1.82) is 0 Å². The number of pyridine rings is 1. The van der Waals surface area contributed by atoms with Crippen molar-refractivity contribution in [2.75, 3.05) is 9.80 Å². The topological polar surface area (TPSA) is 29.2 Å². The molecule has 0 N–H and O–H groups in total. The molecule has 0 unspecified atom stereocenters. The highest BCUT2D eigenvalue weighted by Crippen LogP contribution is 2.56. The smallest absolute Gasteiger partial charge is 0.0641 e. The van der Waals surface area contributed by atoms with Crippen molar-refractivity contribution in [3.63, 3.8) is 0 Å². The number of hydrogen-bond acceptors (Lipinski definition) is 3. The molecule has 2 aliphatic heterocycles. The van der Waals surface area contributed by atoms with E-state index in [9.17, 15) is 0 Å². The summed E-state index contributed by atoms with van der Waals surface area (Å²) < 4.78 is 4.91. The lowest BCUT2D eigenvalue weighted by atomic mass is 9.98. The molecule has 0 spiro atoms. The molecule has 0 atom stereocenters. The van der Waals surface area contributed by atoms with Crippen molar-refractivity contribution in [3.05, 3.63) is 225 Å². The Morgan fingerprint density at radius 2 is 0.742 bits per heavy atom. The third-order valence-electron chi connectivity index (χ3n) is 12.6. The van der Waals surface area contributed by atoms with Crippen LogP contribution >= 0.6 is 0 Å². The fourth-order valence-electron chi connectivity index (χ4n) is 10.2. The average molecular weight is 792 g/mol. The third kappa shape index (κ3) is 4.93. The van der Waals surface area contributed by atoms with Crippen LogP contribution in [0.2, 0.25) is 0 Å². The highest BCUT2D eigenvalue weighted by Gasteiger charge is 2.34. The molecule has 5 heteroatoms. The van der Waals surface area contributed by atoms with Crippen LogP contribution in [0.4, 0.5) is 34.1 Å². The molecule has 290 valence electrons. The zero-order valence-corrected chi connectivity index (χ0v) is 33.6. The lowest BCUT2D eigenvalue weighted by Gasteiger charge is -2.28. The van der Waals surface area contributed by atoms with Crippen LogP contribution in [0.25, 0.3) is 77.9 Å². The summed E-state index contributed by atoms with van der Waals surface area (Å²) in [4.78, 5) is 9.57. The maximum Gasteiger partial charge on any atom is 0.0641 e. The molecule has 2 aliphatic rings. The molecule has 0 fully saturated rings. The van der Waals surface area contributed by atoms with Crippen LogP contribution < -0.4 is 9.80 Å². The van der Waals surface area contributed by atoms with E-state index >= 15 is 0 Å². The molecule has 5 heterocycles. The van der Waals surface area contributed by atoms with Gasteiger partial charge in [-0.25, -0.2) is 0 Å². The second kappa shape index (κ2) is 13.6. The van der Waals surface area contributed by atoms with Crippen LogP contribution in [0, 0.1) is 0 Å². The van der Waals surface area contributed by atoms with Gasteiger partial charge in [-0.3, -0.25) is 4.98 Å². The first-order valence-corrected chi connectivity index (χ1v) is 21.1. The predicted octanol–water partition coefficient (Wildman–Crippen LogP) is 15.2. The molecule has 62 heavy (non-hydrogen) atoms. The van der Waals surface area contributed by atoms with Crippen LogP contribution in [0.1, 0.15) is 0 Å². The fourth-order valence-corrected chi connectivity index (χ4v) is 10.2. The lowest BCUT2D eigenvalue weighted by Crippen LogP contribution is -2.12. The number of aromatic nitrogens is 3. The highest BCUT2D eigenvalue weighted by atomic mass is 15.2. The van der Waals surface area contributed by atoms with Crippen LogP contribution in [-0.4, -0.2) is 14.1 Å². The number of anilines is 6. The van der Waals surface area contributed by atoms with Gasteiger partial charge in [0.2, 0.25) is 0 Å². The summed E-state index contributed by atoms with van der Waals surface area (Å²) in [5, 5.41) is 2.33. The highest BCUT2D eigenvalue weighted by molar-refractivity contribution is 6.14. The number of benzene rings is 8. The second-order valence-corrected chi connectivity index (χ2v) is 16.0. The van der Waals surface area contributed by atoms with Gasteiger partial charge in [-0.2, -0.15) is 0 Å². The first-order chi connectivity index (χ1) is 30.8. The molecule has 0 amide bonds. The summed E-state index contributed by atoms with van der Waals surface area (Å²) in [6.45, 7) is 0.